The molecular formula is C52H30O10. The van der Waals surface area contributed by atoms with E-state index in [0.717, 1.165) is 0 Å². The number of carbonyl (C=O) groups is 6. The van der Waals surface area contributed by atoms with Gasteiger partial charge in [-0.15, -0.1) is 0 Å². The molecule has 2 aliphatic rings. The van der Waals surface area contributed by atoms with E-state index in [-0.39, 0.29) is 80.3 Å². The Balaban J connectivity index is 0.834. The number of hydrogen-bond acceptors (Lipinski definition) is 10. The average Bonchev–Trinajstić information content (AvgIpc) is 3.31. The van der Waals surface area contributed by atoms with Gasteiger partial charge in [0.15, 0.2) is 23.1 Å². The third-order valence-corrected chi connectivity index (χ3v) is 10.9. The van der Waals surface area contributed by atoms with E-state index in [2.05, 4.69) is 0 Å². The maximum Gasteiger partial charge on any atom is 0.338 e. The van der Waals surface area contributed by atoms with Crippen molar-refractivity contribution in [2.75, 3.05) is 13.2 Å². The van der Waals surface area contributed by atoms with E-state index >= 15 is 0 Å². The van der Waals surface area contributed by atoms with Gasteiger partial charge in [0, 0.05) is 44.2 Å². The Morgan fingerprint density at radius 1 is 0.371 bits per heavy atom. The van der Waals surface area contributed by atoms with Gasteiger partial charge in [-0.05, 0) is 83.6 Å². The minimum atomic E-state index is -0.804. The smallest absolute Gasteiger partial charge is 0.338 e. The van der Waals surface area contributed by atoms with Gasteiger partial charge in [0.2, 0.25) is 0 Å². The number of hydrogen-bond donors (Lipinski definition) is 0. The van der Waals surface area contributed by atoms with Crippen molar-refractivity contribution in [1.29, 1.82) is 0 Å². The standard InChI is InChI=1S/C52H30O10/c53-45-39-27-31(19-21-37(39)47(55)43-41(45)25-29-11-7-9-17-35(29)49(43)61-33-13-3-1-4-14-33)51(57)59-23-24-60-52(58)32-20-22-38-40(28-32)46(54)42-26-30-12-8-10-18-36(30)50(44(42)48(38)56)62-34-15-5-2-6-16-34/h1-22,25-28H,23-24H2. The third-order valence-electron chi connectivity index (χ3n) is 10.9. The highest BCUT2D eigenvalue weighted by Crippen LogP contribution is 2.43. The van der Waals surface area contributed by atoms with Gasteiger partial charge in [-0.3, -0.25) is 19.2 Å². The topological polar surface area (TPSA) is 139 Å². The number of esters is 2. The van der Waals surface area contributed by atoms with E-state index in [1.54, 1.807) is 60.7 Å². The van der Waals surface area contributed by atoms with E-state index < -0.39 is 35.1 Å². The first kappa shape index (κ1) is 37.7. The zero-order valence-electron chi connectivity index (χ0n) is 32.5. The second-order valence-corrected chi connectivity index (χ2v) is 14.6. The summed E-state index contributed by atoms with van der Waals surface area (Å²) in [4.78, 5) is 82.5. The van der Waals surface area contributed by atoms with Crippen LogP contribution in [0.15, 0.2) is 158 Å². The van der Waals surface area contributed by atoms with Crippen LogP contribution >= 0.6 is 0 Å². The van der Waals surface area contributed by atoms with Gasteiger partial charge in [-0.2, -0.15) is 0 Å². The van der Waals surface area contributed by atoms with Crippen molar-refractivity contribution in [3.63, 3.8) is 0 Å². The van der Waals surface area contributed by atoms with Crippen LogP contribution in [0, 0.1) is 0 Å². The summed E-state index contributed by atoms with van der Waals surface area (Å²) in [5.74, 6) is -1.83. The van der Waals surface area contributed by atoms with Crippen molar-refractivity contribution in [3.8, 4) is 23.0 Å². The van der Waals surface area contributed by atoms with Gasteiger partial charge < -0.3 is 18.9 Å². The van der Waals surface area contributed by atoms with Gasteiger partial charge in [0.1, 0.15) is 36.2 Å². The summed E-state index contributed by atoms with van der Waals surface area (Å²) < 4.78 is 23.3. The number of fused-ring (bicyclic) bond motifs is 6. The average molecular weight is 815 g/mol. The quantitative estimate of drug-likeness (QED) is 0.102. The summed E-state index contributed by atoms with van der Waals surface area (Å²) in [6, 6.07) is 44.1. The Labute approximate surface area is 352 Å². The van der Waals surface area contributed by atoms with Crippen LogP contribution in [0.2, 0.25) is 0 Å². The van der Waals surface area contributed by atoms with Crippen LogP contribution in [-0.2, 0) is 9.47 Å². The molecule has 0 atom stereocenters. The van der Waals surface area contributed by atoms with Gasteiger partial charge >= 0.3 is 11.9 Å². The summed E-state index contributed by atoms with van der Waals surface area (Å²) in [6.45, 7) is -0.674. The Morgan fingerprint density at radius 3 is 1.18 bits per heavy atom. The fraction of sp³-hybridized carbons (Fsp3) is 0.0385. The van der Waals surface area contributed by atoms with Crippen molar-refractivity contribution < 1.29 is 47.7 Å². The van der Waals surface area contributed by atoms with Crippen molar-refractivity contribution in [2.45, 2.75) is 0 Å². The molecule has 0 heterocycles. The van der Waals surface area contributed by atoms with Gasteiger partial charge in [0.25, 0.3) is 0 Å². The fourth-order valence-corrected chi connectivity index (χ4v) is 7.97. The number of carbonyl (C=O) groups excluding carboxylic acids is 6. The molecule has 10 rings (SSSR count). The van der Waals surface area contributed by atoms with Crippen LogP contribution in [0.25, 0.3) is 21.5 Å². The van der Waals surface area contributed by atoms with E-state index in [4.69, 9.17) is 18.9 Å². The fourth-order valence-electron chi connectivity index (χ4n) is 7.97. The molecule has 0 spiro atoms. The maximum atomic E-state index is 14.0. The molecular weight excluding hydrogens is 785 g/mol. The molecule has 0 saturated carbocycles. The van der Waals surface area contributed by atoms with Crippen LogP contribution < -0.4 is 9.47 Å². The minimum absolute atomic E-state index is 0.0180. The first-order valence-electron chi connectivity index (χ1n) is 19.6. The molecule has 0 saturated heterocycles. The molecule has 0 aliphatic heterocycles. The first-order chi connectivity index (χ1) is 30.2. The largest absolute Gasteiger partial charge is 0.458 e. The predicted molar refractivity (Wildman–Crippen MR) is 228 cm³/mol. The normalized spacial score (nSPS) is 12.6. The molecule has 10 nitrogen and oxygen atoms in total. The molecule has 8 aromatic rings. The molecule has 62 heavy (non-hydrogen) atoms. The highest BCUT2D eigenvalue weighted by molar-refractivity contribution is 6.32. The molecule has 0 bridgehead atoms. The maximum absolute atomic E-state index is 14.0. The van der Waals surface area contributed by atoms with Gasteiger partial charge in [-0.25, -0.2) is 9.59 Å². The summed E-state index contributed by atoms with van der Waals surface area (Å²) in [5.41, 5.74) is 0.925. The highest BCUT2D eigenvalue weighted by atomic mass is 16.6. The van der Waals surface area contributed by atoms with Crippen LogP contribution in [0.1, 0.15) is 84.4 Å². The SMILES string of the molecule is O=C(OCCOC(=O)c1ccc2c(c1)C(=O)c1cc3ccccc3c(Oc3ccccc3)c1C2=O)c1ccc2c(c1)C(=O)c1cc3ccccc3c(Oc3ccccc3)c1C2=O. The zero-order chi connectivity index (χ0) is 42.5. The summed E-state index contributed by atoms with van der Waals surface area (Å²) >= 11 is 0. The molecule has 0 unspecified atom stereocenters. The van der Waals surface area contributed by atoms with E-state index in [1.807, 2.05) is 60.7 Å². The molecule has 8 aromatic carbocycles. The highest BCUT2D eigenvalue weighted by Gasteiger charge is 2.36. The third kappa shape index (κ3) is 6.47. The molecule has 298 valence electrons. The van der Waals surface area contributed by atoms with Gasteiger partial charge in [-0.1, -0.05) is 84.9 Å². The summed E-state index contributed by atoms with van der Waals surface area (Å²) in [7, 11) is 0. The summed E-state index contributed by atoms with van der Waals surface area (Å²) in [6.07, 6.45) is 0. The monoisotopic (exact) mass is 814 g/mol. The second kappa shape index (κ2) is 15.3. The first-order valence-corrected chi connectivity index (χ1v) is 19.6. The molecule has 0 amide bonds. The van der Waals surface area contributed by atoms with Crippen LogP contribution in [0.3, 0.4) is 0 Å². The Bertz CT molecular complexity index is 3020. The summed E-state index contributed by atoms with van der Waals surface area (Å²) in [5, 5.41) is 2.73. The lowest BCUT2D eigenvalue weighted by Crippen LogP contribution is -2.23. The lowest BCUT2D eigenvalue weighted by molar-refractivity contribution is 0.0265. The lowest BCUT2D eigenvalue weighted by atomic mass is 9.81. The molecule has 0 N–H and O–H groups in total. The minimum Gasteiger partial charge on any atom is -0.458 e. The molecule has 10 heteroatoms. The van der Waals surface area contributed by atoms with Crippen molar-refractivity contribution in [1.82, 2.24) is 0 Å². The number of ketones is 4. The predicted octanol–water partition coefficient (Wildman–Crippen LogP) is 10.1. The van der Waals surface area contributed by atoms with Crippen molar-refractivity contribution in [3.05, 3.63) is 213 Å². The van der Waals surface area contributed by atoms with E-state index in [0.29, 0.717) is 33.0 Å². The Kier molecular flexibility index (Phi) is 9.30. The Hall–Kier alpha value is -8.50. The molecule has 0 radical (unpaired) electrons. The number of rotatable bonds is 9. The molecule has 0 fully saturated rings. The number of para-hydroxylation sites is 2. The molecule has 0 aromatic heterocycles. The lowest BCUT2D eigenvalue weighted by Gasteiger charge is -2.22. The van der Waals surface area contributed by atoms with Gasteiger partial charge in [0.05, 0.1) is 22.3 Å². The Morgan fingerprint density at radius 2 is 0.758 bits per heavy atom. The van der Waals surface area contributed by atoms with E-state index in [1.165, 1.54) is 36.4 Å². The van der Waals surface area contributed by atoms with Crippen LogP contribution in [0.4, 0.5) is 0 Å². The zero-order valence-corrected chi connectivity index (χ0v) is 32.5. The van der Waals surface area contributed by atoms with Crippen LogP contribution in [0.5, 0.6) is 23.0 Å². The van der Waals surface area contributed by atoms with Crippen LogP contribution in [-0.4, -0.2) is 48.3 Å². The number of ether oxygens (including phenoxy) is 4. The second-order valence-electron chi connectivity index (χ2n) is 14.6. The van der Waals surface area contributed by atoms with E-state index in [9.17, 15) is 28.8 Å². The molecule has 2 aliphatic carbocycles. The van der Waals surface area contributed by atoms with Crippen molar-refractivity contribution in [2.24, 2.45) is 0 Å². The number of benzene rings is 8. The van der Waals surface area contributed by atoms with Crippen molar-refractivity contribution >= 4 is 56.6 Å².